The number of carbonyl (C=O) groups excluding carboxylic acids is 3. The van der Waals surface area contributed by atoms with Crippen molar-refractivity contribution >= 4 is 23.9 Å². The maximum atomic E-state index is 14.6. The maximum absolute atomic E-state index is 14.6. The van der Waals surface area contributed by atoms with E-state index in [0.29, 0.717) is 5.56 Å². The number of carboxylic acid groups (broad SMARTS) is 1. The van der Waals surface area contributed by atoms with E-state index in [4.69, 9.17) is 0 Å². The predicted molar refractivity (Wildman–Crippen MR) is 230 cm³/mol. The molecule has 1 aliphatic rings. The molecule has 15 heteroatoms. The summed E-state index contributed by atoms with van der Waals surface area (Å²) in [7, 11) is 0. The minimum atomic E-state index is -4.54. The molecule has 0 bridgehead atoms. The summed E-state index contributed by atoms with van der Waals surface area (Å²) >= 11 is 0. The minimum Gasteiger partial charge on any atom is -0.465 e. The Morgan fingerprint density at radius 1 is 0.742 bits per heavy atom. The third kappa shape index (κ3) is 12.8. The number of nitrogens with zero attached hydrogens (tertiary/aromatic N) is 3. The summed E-state index contributed by atoms with van der Waals surface area (Å²) in [6.45, 7) is 10.9. The van der Waals surface area contributed by atoms with E-state index in [2.05, 4.69) is 20.9 Å². The van der Waals surface area contributed by atoms with E-state index >= 15 is 0 Å². The Bertz CT molecular complexity index is 2140. The molecule has 12 nitrogen and oxygen atoms in total. The van der Waals surface area contributed by atoms with Crippen molar-refractivity contribution in [3.05, 3.63) is 126 Å². The number of aliphatic hydroxyl groups excluding tert-OH is 1. The largest absolute Gasteiger partial charge is 0.465 e. The second kappa shape index (κ2) is 19.8. The van der Waals surface area contributed by atoms with Crippen molar-refractivity contribution in [3.63, 3.8) is 0 Å². The van der Waals surface area contributed by atoms with Crippen LogP contribution in [-0.4, -0.2) is 92.3 Å². The summed E-state index contributed by atoms with van der Waals surface area (Å²) < 4.78 is 40.4. The molecule has 0 aliphatic carbocycles. The van der Waals surface area contributed by atoms with Crippen LogP contribution in [0.1, 0.15) is 70.2 Å². The first-order chi connectivity index (χ1) is 29.1. The van der Waals surface area contributed by atoms with Gasteiger partial charge < -0.3 is 36.0 Å². The molecule has 2 heterocycles. The number of hydrogen-bond acceptors (Lipinski definition) is 6. The number of pyridine rings is 1. The molecule has 1 aliphatic heterocycles. The number of alkyl halides is 3. The van der Waals surface area contributed by atoms with Crippen LogP contribution in [0.5, 0.6) is 0 Å². The fraction of sp³-hybridized carbons (Fsp3) is 0.426. The van der Waals surface area contributed by atoms with Gasteiger partial charge in [0.05, 0.1) is 23.4 Å². The van der Waals surface area contributed by atoms with Crippen molar-refractivity contribution < 1.29 is 42.6 Å². The lowest BCUT2D eigenvalue weighted by Gasteiger charge is -2.38. The summed E-state index contributed by atoms with van der Waals surface area (Å²) in [5.41, 5.74) is 1.14. The van der Waals surface area contributed by atoms with Gasteiger partial charge >= 0.3 is 18.3 Å². The van der Waals surface area contributed by atoms with E-state index < -0.39 is 76.8 Å². The van der Waals surface area contributed by atoms with Gasteiger partial charge in [-0.1, -0.05) is 114 Å². The van der Waals surface area contributed by atoms with Gasteiger partial charge in [0.2, 0.25) is 11.8 Å². The van der Waals surface area contributed by atoms with E-state index in [1.807, 2.05) is 93.6 Å². The Morgan fingerprint density at radius 3 is 1.98 bits per heavy atom. The smallest absolute Gasteiger partial charge is 0.416 e. The van der Waals surface area contributed by atoms with Crippen LogP contribution in [0.4, 0.5) is 22.8 Å². The normalized spacial score (nSPS) is 15.9. The third-order valence-electron chi connectivity index (χ3n) is 10.9. The molecule has 0 radical (unpaired) electrons. The van der Waals surface area contributed by atoms with E-state index in [0.717, 1.165) is 34.5 Å². The standard InChI is InChI=1S/C47H57F3N6O6/c1-45(2,3)39(54-43(60)61)41(58)52-35(26-31-18-20-33(21-19-31)36-17-10-11-22-51-36)28-38(57)37(27-30-13-8-7-9-14-30)53-42(59)40(46(4,5)6)56-24-23-55(44(56)62)29-32-15-12-16-34(25-32)47(48,49)50/h7-22,25,35,37-40,54,57H,23-24,26-29H2,1-6H3,(H,52,58)(H,53,59)(H,60,61)/t35-,37-,38-,39+,40+/m0/s1. The van der Waals surface area contributed by atoms with Gasteiger partial charge in [0.1, 0.15) is 12.1 Å². The van der Waals surface area contributed by atoms with Crippen molar-refractivity contribution in [1.29, 1.82) is 0 Å². The van der Waals surface area contributed by atoms with Crippen LogP contribution in [0.15, 0.2) is 103 Å². The molecule has 5 N–H and O–H groups in total. The van der Waals surface area contributed by atoms with E-state index in [1.165, 1.54) is 21.9 Å². The van der Waals surface area contributed by atoms with Crippen LogP contribution >= 0.6 is 0 Å². The lowest BCUT2D eigenvalue weighted by atomic mass is 9.84. The molecule has 5 atom stereocenters. The molecule has 62 heavy (non-hydrogen) atoms. The van der Waals surface area contributed by atoms with Gasteiger partial charge in [0.25, 0.3) is 0 Å². The highest BCUT2D eigenvalue weighted by atomic mass is 19.4. The number of aromatic nitrogens is 1. The number of halogens is 3. The zero-order valence-corrected chi connectivity index (χ0v) is 35.9. The topological polar surface area (TPSA) is 164 Å². The lowest BCUT2D eigenvalue weighted by Crippen LogP contribution is -2.59. The molecule has 5 amide bonds. The quantitative estimate of drug-likeness (QED) is 0.0789. The van der Waals surface area contributed by atoms with Gasteiger partial charge in [-0.05, 0) is 71.0 Å². The Kier molecular flexibility index (Phi) is 15.1. The number of benzene rings is 3. The molecular weight excluding hydrogens is 802 g/mol. The Balaban J connectivity index is 1.41. The average Bonchev–Trinajstić information content (AvgIpc) is 3.54. The second-order valence-corrected chi connectivity index (χ2v) is 18.0. The highest BCUT2D eigenvalue weighted by Crippen LogP contribution is 2.32. The fourth-order valence-electron chi connectivity index (χ4n) is 7.83. The Labute approximate surface area is 360 Å². The summed E-state index contributed by atoms with van der Waals surface area (Å²) in [6, 6.07) is 22.9. The molecule has 1 fully saturated rings. The van der Waals surface area contributed by atoms with Gasteiger partial charge in [-0.3, -0.25) is 14.6 Å². The summed E-state index contributed by atoms with van der Waals surface area (Å²) in [5.74, 6) is -1.11. The number of aliphatic hydroxyl groups is 1. The molecule has 332 valence electrons. The van der Waals surface area contributed by atoms with Gasteiger partial charge in [-0.25, -0.2) is 9.59 Å². The van der Waals surface area contributed by atoms with Gasteiger partial charge in [0.15, 0.2) is 0 Å². The van der Waals surface area contributed by atoms with Crippen LogP contribution in [-0.2, 0) is 35.2 Å². The van der Waals surface area contributed by atoms with Gasteiger partial charge in [-0.2, -0.15) is 13.2 Å². The highest BCUT2D eigenvalue weighted by molar-refractivity contribution is 5.89. The van der Waals surface area contributed by atoms with Crippen molar-refractivity contribution in [3.8, 4) is 11.3 Å². The number of hydrogen-bond donors (Lipinski definition) is 5. The molecule has 0 spiro atoms. The van der Waals surface area contributed by atoms with Crippen LogP contribution in [0.25, 0.3) is 11.3 Å². The first-order valence-electron chi connectivity index (χ1n) is 20.6. The summed E-state index contributed by atoms with van der Waals surface area (Å²) in [6.07, 6.45) is -5.09. The Hall–Kier alpha value is -5.96. The number of rotatable bonds is 16. The second-order valence-electron chi connectivity index (χ2n) is 18.0. The van der Waals surface area contributed by atoms with Crippen molar-refractivity contribution in [2.45, 2.75) is 104 Å². The minimum absolute atomic E-state index is 0.0525. The number of amides is 5. The van der Waals surface area contributed by atoms with Crippen molar-refractivity contribution in [2.24, 2.45) is 10.8 Å². The van der Waals surface area contributed by atoms with Crippen molar-refractivity contribution in [2.75, 3.05) is 13.1 Å². The summed E-state index contributed by atoms with van der Waals surface area (Å²) in [5, 5.41) is 30.1. The predicted octanol–water partition coefficient (Wildman–Crippen LogP) is 7.31. The van der Waals surface area contributed by atoms with E-state index in [-0.39, 0.29) is 38.9 Å². The number of carbonyl (C=O) groups is 4. The highest BCUT2D eigenvalue weighted by Gasteiger charge is 2.45. The molecule has 4 aromatic rings. The molecule has 0 saturated carbocycles. The van der Waals surface area contributed by atoms with Crippen molar-refractivity contribution in [1.82, 2.24) is 30.7 Å². The zero-order chi connectivity index (χ0) is 45.4. The fourth-order valence-corrected chi connectivity index (χ4v) is 7.83. The lowest BCUT2D eigenvalue weighted by molar-refractivity contribution is -0.137. The van der Waals surface area contributed by atoms with E-state index in [9.17, 15) is 42.6 Å². The Morgan fingerprint density at radius 2 is 1.39 bits per heavy atom. The molecule has 0 unspecified atom stereocenters. The van der Waals surface area contributed by atoms with Crippen LogP contribution in [0.3, 0.4) is 0 Å². The van der Waals surface area contributed by atoms with E-state index in [1.54, 1.807) is 27.0 Å². The van der Waals surface area contributed by atoms with Gasteiger partial charge in [-0.15, -0.1) is 0 Å². The van der Waals surface area contributed by atoms with Gasteiger partial charge in [0, 0.05) is 37.4 Å². The zero-order valence-electron chi connectivity index (χ0n) is 35.9. The average molecular weight is 859 g/mol. The van der Waals surface area contributed by atoms with Crippen LogP contribution in [0.2, 0.25) is 0 Å². The van der Waals surface area contributed by atoms with Crippen LogP contribution < -0.4 is 16.0 Å². The number of nitrogens with one attached hydrogen (secondary N) is 3. The summed E-state index contributed by atoms with van der Waals surface area (Å²) in [4.78, 5) is 61.4. The first kappa shape index (κ1) is 47.1. The molecular formula is C47H57F3N6O6. The molecule has 3 aromatic carbocycles. The molecule has 1 aromatic heterocycles. The maximum Gasteiger partial charge on any atom is 0.416 e. The SMILES string of the molecule is CC(C)(C)[C@H](NC(=O)O)C(=O)N[C@@H](Cc1ccc(-c2ccccn2)cc1)C[C@H](O)[C@H](Cc1ccccc1)NC(=O)[C@@H](N1CCN(Cc2cccc(C(F)(F)F)c2)C1=O)C(C)(C)C. The first-order valence-corrected chi connectivity index (χ1v) is 20.6. The molecule has 1 saturated heterocycles. The van der Waals surface area contributed by atoms with Crippen LogP contribution in [0, 0.1) is 10.8 Å². The number of urea groups is 1. The molecule has 5 rings (SSSR count). The third-order valence-corrected chi connectivity index (χ3v) is 10.9. The monoisotopic (exact) mass is 858 g/mol.